The second-order valence-electron chi connectivity index (χ2n) is 3.71. The van der Waals surface area contributed by atoms with E-state index in [1.165, 1.54) is 19.3 Å². The van der Waals surface area contributed by atoms with Crippen LogP contribution in [0.25, 0.3) is 0 Å². The fourth-order valence-electron chi connectivity index (χ4n) is 1.46. The Balaban J connectivity index is 1.96. The quantitative estimate of drug-likeness (QED) is 0.768. The Morgan fingerprint density at radius 1 is 1.54 bits per heavy atom. The van der Waals surface area contributed by atoms with Crippen LogP contribution in [0.2, 0.25) is 0 Å². The third-order valence-electron chi connectivity index (χ3n) is 2.53. The molecule has 1 aromatic heterocycles. The van der Waals surface area contributed by atoms with Gasteiger partial charge in [0.05, 0.1) is 0 Å². The molecule has 0 spiro atoms. The SMILES string of the molecule is C[C@@H](O)c1nnc(CC2CCC2)o1. The van der Waals surface area contributed by atoms with Crippen molar-refractivity contribution in [1.29, 1.82) is 0 Å². The molecule has 13 heavy (non-hydrogen) atoms. The molecule has 1 aliphatic rings. The van der Waals surface area contributed by atoms with Gasteiger partial charge in [0.15, 0.2) is 0 Å². The standard InChI is InChI=1S/C9H14N2O2/c1-6(12)9-11-10-8(13-9)5-7-3-2-4-7/h6-7,12H,2-5H2,1H3/t6-/m1/s1. The molecule has 4 heteroatoms. The predicted octanol–water partition coefficient (Wildman–Crippen LogP) is 1.47. The highest BCUT2D eigenvalue weighted by molar-refractivity contribution is 4.88. The minimum atomic E-state index is -0.650. The van der Waals surface area contributed by atoms with Crippen molar-refractivity contribution in [1.82, 2.24) is 10.2 Å². The summed E-state index contributed by atoms with van der Waals surface area (Å²) in [6, 6.07) is 0. The first kappa shape index (κ1) is 8.69. The molecule has 2 rings (SSSR count). The molecule has 1 atom stereocenters. The molecular formula is C9H14N2O2. The van der Waals surface area contributed by atoms with Gasteiger partial charge in [0.1, 0.15) is 6.10 Å². The summed E-state index contributed by atoms with van der Waals surface area (Å²) in [7, 11) is 0. The maximum Gasteiger partial charge on any atom is 0.244 e. The minimum Gasteiger partial charge on any atom is -0.422 e. The van der Waals surface area contributed by atoms with E-state index < -0.39 is 6.10 Å². The summed E-state index contributed by atoms with van der Waals surface area (Å²) >= 11 is 0. The number of aliphatic hydroxyl groups is 1. The Bertz CT molecular complexity index is 279. The van der Waals surface area contributed by atoms with Crippen molar-refractivity contribution in [2.45, 2.75) is 38.7 Å². The van der Waals surface area contributed by atoms with Crippen molar-refractivity contribution < 1.29 is 9.52 Å². The van der Waals surface area contributed by atoms with E-state index in [1.807, 2.05) is 0 Å². The van der Waals surface area contributed by atoms with Gasteiger partial charge >= 0.3 is 0 Å². The Morgan fingerprint density at radius 3 is 2.77 bits per heavy atom. The van der Waals surface area contributed by atoms with E-state index in [-0.39, 0.29) is 0 Å². The molecule has 0 unspecified atom stereocenters. The van der Waals surface area contributed by atoms with Crippen LogP contribution in [0.4, 0.5) is 0 Å². The number of hydrogen-bond acceptors (Lipinski definition) is 4. The van der Waals surface area contributed by atoms with Crippen molar-refractivity contribution in [3.8, 4) is 0 Å². The van der Waals surface area contributed by atoms with Gasteiger partial charge in [0, 0.05) is 6.42 Å². The van der Waals surface area contributed by atoms with E-state index in [1.54, 1.807) is 6.92 Å². The number of aliphatic hydroxyl groups excluding tert-OH is 1. The monoisotopic (exact) mass is 182 g/mol. The molecule has 0 amide bonds. The molecule has 1 aromatic rings. The van der Waals surface area contributed by atoms with Crippen molar-refractivity contribution in [2.24, 2.45) is 5.92 Å². The zero-order chi connectivity index (χ0) is 9.26. The van der Waals surface area contributed by atoms with E-state index in [4.69, 9.17) is 9.52 Å². The van der Waals surface area contributed by atoms with Crippen LogP contribution in [-0.2, 0) is 6.42 Å². The fraction of sp³-hybridized carbons (Fsp3) is 0.778. The normalized spacial score (nSPS) is 19.8. The lowest BCUT2D eigenvalue weighted by atomic mass is 9.83. The Labute approximate surface area is 77.0 Å². The lowest BCUT2D eigenvalue weighted by molar-refractivity contribution is 0.159. The van der Waals surface area contributed by atoms with Gasteiger partial charge in [-0.2, -0.15) is 0 Å². The van der Waals surface area contributed by atoms with Crippen LogP contribution in [0.15, 0.2) is 4.42 Å². The van der Waals surface area contributed by atoms with Gasteiger partial charge in [-0.15, -0.1) is 10.2 Å². The van der Waals surface area contributed by atoms with Crippen LogP contribution in [0.5, 0.6) is 0 Å². The lowest BCUT2D eigenvalue weighted by Gasteiger charge is -2.23. The molecule has 0 aliphatic heterocycles. The molecule has 0 bridgehead atoms. The Hall–Kier alpha value is -0.900. The Morgan fingerprint density at radius 2 is 2.31 bits per heavy atom. The Kier molecular flexibility index (Phi) is 2.31. The van der Waals surface area contributed by atoms with Gasteiger partial charge in [-0.25, -0.2) is 0 Å². The first-order valence-corrected chi connectivity index (χ1v) is 4.76. The fourth-order valence-corrected chi connectivity index (χ4v) is 1.46. The molecule has 1 aliphatic carbocycles. The molecule has 4 nitrogen and oxygen atoms in total. The summed E-state index contributed by atoms with van der Waals surface area (Å²) in [5.74, 6) is 1.72. The van der Waals surface area contributed by atoms with Gasteiger partial charge < -0.3 is 9.52 Å². The zero-order valence-corrected chi connectivity index (χ0v) is 7.73. The molecule has 0 aromatic carbocycles. The molecular weight excluding hydrogens is 168 g/mol. The molecule has 1 N–H and O–H groups in total. The summed E-state index contributed by atoms with van der Waals surface area (Å²) in [4.78, 5) is 0. The number of nitrogens with zero attached hydrogens (tertiary/aromatic N) is 2. The molecule has 0 radical (unpaired) electrons. The minimum absolute atomic E-state index is 0.328. The average Bonchev–Trinajstić information content (AvgIpc) is 2.44. The van der Waals surface area contributed by atoms with E-state index in [0.717, 1.165) is 12.3 Å². The molecule has 1 fully saturated rings. The molecule has 0 saturated heterocycles. The smallest absolute Gasteiger partial charge is 0.244 e. The second kappa shape index (κ2) is 3.46. The van der Waals surface area contributed by atoms with E-state index >= 15 is 0 Å². The van der Waals surface area contributed by atoms with Crippen LogP contribution in [0, 0.1) is 5.92 Å². The maximum absolute atomic E-state index is 9.15. The molecule has 1 saturated carbocycles. The number of rotatable bonds is 3. The first-order valence-electron chi connectivity index (χ1n) is 4.76. The van der Waals surface area contributed by atoms with Crippen molar-refractivity contribution in [3.63, 3.8) is 0 Å². The van der Waals surface area contributed by atoms with Gasteiger partial charge in [-0.1, -0.05) is 6.42 Å². The average molecular weight is 182 g/mol. The largest absolute Gasteiger partial charge is 0.422 e. The van der Waals surface area contributed by atoms with Crippen LogP contribution >= 0.6 is 0 Å². The lowest BCUT2D eigenvalue weighted by Crippen LogP contribution is -2.13. The zero-order valence-electron chi connectivity index (χ0n) is 7.73. The van der Waals surface area contributed by atoms with Gasteiger partial charge in [-0.3, -0.25) is 0 Å². The number of aromatic nitrogens is 2. The van der Waals surface area contributed by atoms with Crippen molar-refractivity contribution in [3.05, 3.63) is 11.8 Å². The maximum atomic E-state index is 9.15. The van der Waals surface area contributed by atoms with Gasteiger partial charge in [0.25, 0.3) is 0 Å². The van der Waals surface area contributed by atoms with Crippen molar-refractivity contribution in [2.75, 3.05) is 0 Å². The topological polar surface area (TPSA) is 59.2 Å². The third-order valence-corrected chi connectivity index (χ3v) is 2.53. The third kappa shape index (κ3) is 1.88. The van der Waals surface area contributed by atoms with E-state index in [2.05, 4.69) is 10.2 Å². The highest BCUT2D eigenvalue weighted by Gasteiger charge is 2.21. The summed E-state index contributed by atoms with van der Waals surface area (Å²) < 4.78 is 5.28. The van der Waals surface area contributed by atoms with Crippen LogP contribution in [-0.4, -0.2) is 15.3 Å². The first-order chi connectivity index (χ1) is 6.25. The molecule has 1 heterocycles. The second-order valence-corrected chi connectivity index (χ2v) is 3.71. The highest BCUT2D eigenvalue weighted by atomic mass is 16.4. The molecule has 72 valence electrons. The summed E-state index contributed by atoms with van der Waals surface area (Å²) in [5.41, 5.74) is 0. The van der Waals surface area contributed by atoms with E-state index in [0.29, 0.717) is 11.8 Å². The highest BCUT2D eigenvalue weighted by Crippen LogP contribution is 2.29. The summed E-state index contributed by atoms with van der Waals surface area (Å²) in [6.07, 6.45) is 4.09. The van der Waals surface area contributed by atoms with Crippen LogP contribution < -0.4 is 0 Å². The summed E-state index contributed by atoms with van der Waals surface area (Å²) in [6.45, 7) is 1.63. The van der Waals surface area contributed by atoms with Gasteiger partial charge in [-0.05, 0) is 25.7 Å². The number of hydrogen-bond donors (Lipinski definition) is 1. The predicted molar refractivity (Wildman–Crippen MR) is 46.0 cm³/mol. The van der Waals surface area contributed by atoms with Crippen molar-refractivity contribution >= 4 is 0 Å². The van der Waals surface area contributed by atoms with E-state index in [9.17, 15) is 0 Å². The van der Waals surface area contributed by atoms with Gasteiger partial charge in [0.2, 0.25) is 11.8 Å². The van der Waals surface area contributed by atoms with Crippen LogP contribution in [0.3, 0.4) is 0 Å². The van der Waals surface area contributed by atoms with Crippen LogP contribution in [0.1, 0.15) is 44.1 Å². The summed E-state index contributed by atoms with van der Waals surface area (Å²) in [5, 5.41) is 16.8.